The van der Waals surface area contributed by atoms with Crippen LogP contribution in [0.3, 0.4) is 0 Å². The van der Waals surface area contributed by atoms with Gasteiger partial charge in [-0.1, -0.05) is 28.1 Å². The molecule has 0 aromatic heterocycles. The monoisotopic (exact) mass is 331 g/mol. The zero-order valence-electron chi connectivity index (χ0n) is 11.2. The van der Waals surface area contributed by atoms with Gasteiger partial charge in [-0.25, -0.2) is 0 Å². The van der Waals surface area contributed by atoms with Gasteiger partial charge < -0.3 is 5.32 Å². The lowest BCUT2D eigenvalue weighted by molar-refractivity contribution is -0.130. The summed E-state index contributed by atoms with van der Waals surface area (Å²) in [6, 6.07) is 7.93. The van der Waals surface area contributed by atoms with Gasteiger partial charge in [-0.3, -0.25) is 4.79 Å². The van der Waals surface area contributed by atoms with Crippen molar-refractivity contribution in [2.24, 2.45) is 5.41 Å². The third kappa shape index (κ3) is 3.72. The van der Waals surface area contributed by atoms with E-state index in [4.69, 9.17) is 11.6 Å². The number of halogens is 2. The summed E-state index contributed by atoms with van der Waals surface area (Å²) in [5.74, 6) is 0.264. The Labute approximate surface area is 122 Å². The number of nitrogens with one attached hydrogen (secondary N) is 1. The lowest BCUT2D eigenvalue weighted by atomic mass is 9.90. The predicted molar refractivity (Wildman–Crippen MR) is 79.8 cm³/mol. The summed E-state index contributed by atoms with van der Waals surface area (Å²) in [6.07, 6.45) is 0. The Bertz CT molecular complexity index is 426. The maximum atomic E-state index is 12.1. The van der Waals surface area contributed by atoms with E-state index in [-0.39, 0.29) is 5.91 Å². The quantitative estimate of drug-likeness (QED) is 0.828. The second-order valence-electron chi connectivity index (χ2n) is 5.60. The normalized spacial score (nSPS) is 12.3. The van der Waals surface area contributed by atoms with Crippen LogP contribution in [0, 0.1) is 5.41 Å². The molecule has 1 amide bonds. The Morgan fingerprint density at radius 2 is 1.72 bits per heavy atom. The van der Waals surface area contributed by atoms with E-state index in [1.54, 1.807) is 0 Å². The summed E-state index contributed by atoms with van der Waals surface area (Å²) >= 11 is 9.22. The van der Waals surface area contributed by atoms with Crippen LogP contribution >= 0.6 is 27.5 Å². The second-order valence-corrected chi connectivity index (χ2v) is 6.79. The van der Waals surface area contributed by atoms with Crippen LogP contribution in [0.4, 0.5) is 0 Å². The standard InChI is InChI=1S/C14H19BrClNO/c1-13(2,9-16)12(18)17-14(3,4)10-5-7-11(15)8-6-10/h5-8H,9H2,1-4H3,(H,17,18). The van der Waals surface area contributed by atoms with E-state index in [1.807, 2.05) is 52.0 Å². The highest BCUT2D eigenvalue weighted by molar-refractivity contribution is 9.10. The highest BCUT2D eigenvalue weighted by Crippen LogP contribution is 2.25. The molecule has 0 aliphatic carbocycles. The molecule has 4 heteroatoms. The van der Waals surface area contributed by atoms with E-state index in [9.17, 15) is 4.79 Å². The first kappa shape index (κ1) is 15.5. The van der Waals surface area contributed by atoms with Crippen LogP contribution in [0.5, 0.6) is 0 Å². The molecule has 0 atom stereocenters. The molecule has 18 heavy (non-hydrogen) atoms. The van der Waals surface area contributed by atoms with E-state index in [1.165, 1.54) is 0 Å². The van der Waals surface area contributed by atoms with Crippen molar-refractivity contribution in [3.8, 4) is 0 Å². The van der Waals surface area contributed by atoms with Crippen molar-refractivity contribution in [3.05, 3.63) is 34.3 Å². The van der Waals surface area contributed by atoms with Crippen LogP contribution in [0.2, 0.25) is 0 Å². The van der Waals surface area contributed by atoms with Crippen molar-refractivity contribution >= 4 is 33.4 Å². The summed E-state index contributed by atoms with van der Waals surface area (Å²) < 4.78 is 1.02. The Balaban J connectivity index is 2.88. The summed E-state index contributed by atoms with van der Waals surface area (Å²) in [5, 5.41) is 3.04. The lowest BCUT2D eigenvalue weighted by Crippen LogP contribution is -2.47. The highest BCUT2D eigenvalue weighted by Gasteiger charge is 2.31. The zero-order valence-corrected chi connectivity index (χ0v) is 13.5. The largest absolute Gasteiger partial charge is 0.347 e. The van der Waals surface area contributed by atoms with Crippen molar-refractivity contribution in [3.63, 3.8) is 0 Å². The molecule has 0 saturated carbocycles. The van der Waals surface area contributed by atoms with E-state index in [2.05, 4.69) is 21.2 Å². The predicted octanol–water partition coefficient (Wildman–Crippen LogP) is 4.07. The molecular formula is C14H19BrClNO. The maximum Gasteiger partial charge on any atom is 0.227 e. The summed E-state index contributed by atoms with van der Waals surface area (Å²) in [5.41, 5.74) is 0.0828. The number of hydrogen-bond acceptors (Lipinski definition) is 1. The van der Waals surface area contributed by atoms with Crippen molar-refractivity contribution in [1.29, 1.82) is 0 Å². The van der Waals surface area contributed by atoms with Crippen LogP contribution in [0.15, 0.2) is 28.7 Å². The molecule has 1 aromatic carbocycles. The molecule has 1 N–H and O–H groups in total. The number of benzene rings is 1. The molecule has 100 valence electrons. The van der Waals surface area contributed by atoms with Gasteiger partial charge in [-0.15, -0.1) is 11.6 Å². The summed E-state index contributed by atoms with van der Waals surface area (Å²) in [6.45, 7) is 7.65. The number of rotatable bonds is 4. The van der Waals surface area contributed by atoms with E-state index in [0.29, 0.717) is 5.88 Å². The topological polar surface area (TPSA) is 29.1 Å². The van der Waals surface area contributed by atoms with Crippen molar-refractivity contribution in [2.45, 2.75) is 33.2 Å². The lowest BCUT2D eigenvalue weighted by Gasteiger charge is -2.31. The summed E-state index contributed by atoms with van der Waals surface area (Å²) in [7, 11) is 0. The van der Waals surface area contributed by atoms with Gasteiger partial charge in [0, 0.05) is 10.4 Å². The van der Waals surface area contributed by atoms with Crippen LogP contribution in [0.25, 0.3) is 0 Å². The van der Waals surface area contributed by atoms with Gasteiger partial charge in [0.25, 0.3) is 0 Å². The number of carbonyl (C=O) groups excluding carboxylic acids is 1. The fourth-order valence-corrected chi connectivity index (χ4v) is 1.84. The highest BCUT2D eigenvalue weighted by atomic mass is 79.9. The minimum atomic E-state index is -0.561. The zero-order chi connectivity index (χ0) is 14.0. The van der Waals surface area contributed by atoms with Gasteiger partial charge in [-0.05, 0) is 45.4 Å². The van der Waals surface area contributed by atoms with Gasteiger partial charge in [0.15, 0.2) is 0 Å². The van der Waals surface area contributed by atoms with Crippen LogP contribution in [0.1, 0.15) is 33.3 Å². The van der Waals surface area contributed by atoms with Gasteiger partial charge >= 0.3 is 0 Å². The van der Waals surface area contributed by atoms with Crippen LogP contribution < -0.4 is 5.32 Å². The fourth-order valence-electron chi connectivity index (χ4n) is 1.45. The number of amides is 1. The van der Waals surface area contributed by atoms with Gasteiger partial charge in [0.1, 0.15) is 0 Å². The van der Waals surface area contributed by atoms with Crippen molar-refractivity contribution < 1.29 is 4.79 Å². The van der Waals surface area contributed by atoms with Crippen molar-refractivity contribution in [1.82, 2.24) is 5.32 Å². The molecule has 0 spiro atoms. The first-order valence-electron chi connectivity index (χ1n) is 5.84. The smallest absolute Gasteiger partial charge is 0.227 e. The Morgan fingerprint density at radius 3 is 2.17 bits per heavy atom. The molecule has 0 heterocycles. The molecule has 0 saturated heterocycles. The van der Waals surface area contributed by atoms with Crippen LogP contribution in [-0.2, 0) is 10.3 Å². The molecule has 0 unspecified atom stereocenters. The van der Waals surface area contributed by atoms with Gasteiger partial charge in [-0.2, -0.15) is 0 Å². The van der Waals surface area contributed by atoms with Gasteiger partial charge in [0.05, 0.1) is 11.0 Å². The third-order valence-electron chi connectivity index (χ3n) is 2.94. The SMILES string of the molecule is CC(C)(CCl)C(=O)NC(C)(C)c1ccc(Br)cc1. The fraction of sp³-hybridized carbons (Fsp3) is 0.500. The molecule has 1 rings (SSSR count). The van der Waals surface area contributed by atoms with E-state index in [0.717, 1.165) is 10.0 Å². The second kappa shape index (κ2) is 5.62. The first-order chi connectivity index (χ1) is 8.19. The average Bonchev–Trinajstić information content (AvgIpc) is 2.29. The third-order valence-corrected chi connectivity index (χ3v) is 4.14. The molecule has 0 radical (unpaired) electrons. The van der Waals surface area contributed by atoms with E-state index < -0.39 is 11.0 Å². The van der Waals surface area contributed by atoms with Crippen LogP contribution in [-0.4, -0.2) is 11.8 Å². The molecule has 2 nitrogen and oxygen atoms in total. The molecule has 0 fully saturated rings. The first-order valence-corrected chi connectivity index (χ1v) is 7.16. The molecule has 0 aliphatic heterocycles. The molecule has 1 aromatic rings. The van der Waals surface area contributed by atoms with Crippen molar-refractivity contribution in [2.75, 3.05) is 5.88 Å². The molecule has 0 bridgehead atoms. The molecular weight excluding hydrogens is 314 g/mol. The average molecular weight is 333 g/mol. The number of alkyl halides is 1. The number of hydrogen-bond donors (Lipinski definition) is 1. The molecule has 0 aliphatic rings. The van der Waals surface area contributed by atoms with Gasteiger partial charge in [0.2, 0.25) is 5.91 Å². The minimum absolute atomic E-state index is 0.0366. The maximum absolute atomic E-state index is 12.1. The summed E-state index contributed by atoms with van der Waals surface area (Å²) in [4.78, 5) is 12.1. The van der Waals surface area contributed by atoms with E-state index >= 15 is 0 Å². The number of carbonyl (C=O) groups is 1. The Hall–Kier alpha value is -0.540. The Kier molecular flexibility index (Phi) is 4.84. The Morgan fingerprint density at radius 1 is 1.22 bits per heavy atom. The minimum Gasteiger partial charge on any atom is -0.347 e.